The zero-order valence-electron chi connectivity index (χ0n) is 25.2. The molecule has 1 amide bonds. The second kappa shape index (κ2) is 12.9. The zero-order valence-corrected chi connectivity index (χ0v) is 25.2. The minimum Gasteiger partial charge on any atom is -0.457 e. The summed E-state index contributed by atoms with van der Waals surface area (Å²) in [5.41, 5.74) is 3.29. The summed E-state index contributed by atoms with van der Waals surface area (Å²) in [6, 6.07) is 21.9. The molecule has 1 saturated carbocycles. The molecule has 43 heavy (non-hydrogen) atoms. The van der Waals surface area contributed by atoms with E-state index in [0.717, 1.165) is 68.8 Å². The molecule has 1 aliphatic heterocycles. The summed E-state index contributed by atoms with van der Waals surface area (Å²) >= 11 is 0. The summed E-state index contributed by atoms with van der Waals surface area (Å²) in [7, 11) is 0. The lowest BCUT2D eigenvalue weighted by Crippen LogP contribution is -2.39. The van der Waals surface area contributed by atoms with E-state index in [4.69, 9.17) is 14.7 Å². The predicted molar refractivity (Wildman–Crippen MR) is 170 cm³/mol. The molecule has 6 rings (SSSR count). The Morgan fingerprint density at radius 3 is 2.44 bits per heavy atom. The summed E-state index contributed by atoms with van der Waals surface area (Å²) in [4.78, 5) is 30.6. The molecule has 1 unspecified atom stereocenters. The second-order valence-corrected chi connectivity index (χ2v) is 12.2. The molecule has 0 bridgehead atoms. The molecule has 1 saturated heterocycles. The average molecular weight is 576 g/mol. The minimum atomic E-state index is -0.325. The van der Waals surface area contributed by atoms with Crippen molar-refractivity contribution < 1.29 is 9.53 Å². The lowest BCUT2D eigenvalue weighted by Gasteiger charge is -2.39. The molecule has 7 heteroatoms. The fraction of sp³-hybridized carbons (Fsp3) is 0.389. The SMILES string of the molecule is CC1CCN(c2ncc(C(=O)NC(C)c3cccc(Oc4ccncc4)c3)c(C3(c4ccccc4)CCCCC3)n2)CC1. The predicted octanol–water partition coefficient (Wildman–Crippen LogP) is 7.64. The van der Waals surface area contributed by atoms with Gasteiger partial charge in [0.2, 0.25) is 5.95 Å². The fourth-order valence-electron chi connectivity index (χ4n) is 6.59. The van der Waals surface area contributed by atoms with Gasteiger partial charge in [0.25, 0.3) is 5.91 Å². The van der Waals surface area contributed by atoms with Gasteiger partial charge >= 0.3 is 0 Å². The monoisotopic (exact) mass is 575 g/mol. The Hall–Kier alpha value is -4.26. The van der Waals surface area contributed by atoms with Gasteiger partial charge in [-0.25, -0.2) is 9.97 Å². The molecule has 0 radical (unpaired) electrons. The van der Waals surface area contributed by atoms with E-state index in [-0.39, 0.29) is 17.4 Å². The Balaban J connectivity index is 1.33. The molecular formula is C36H41N5O2. The number of benzene rings is 2. The van der Waals surface area contributed by atoms with Gasteiger partial charge in [-0.2, -0.15) is 0 Å². The molecule has 1 N–H and O–H groups in total. The van der Waals surface area contributed by atoms with E-state index >= 15 is 0 Å². The third-order valence-electron chi connectivity index (χ3n) is 9.17. The molecule has 2 aromatic carbocycles. The number of amides is 1. The van der Waals surface area contributed by atoms with E-state index in [1.165, 1.54) is 12.0 Å². The van der Waals surface area contributed by atoms with Crippen LogP contribution in [-0.2, 0) is 5.41 Å². The number of aromatic nitrogens is 3. The molecule has 7 nitrogen and oxygen atoms in total. The van der Waals surface area contributed by atoms with Crippen molar-refractivity contribution >= 4 is 11.9 Å². The van der Waals surface area contributed by atoms with Crippen molar-refractivity contribution in [3.8, 4) is 11.5 Å². The lowest BCUT2D eigenvalue weighted by atomic mass is 9.66. The first kappa shape index (κ1) is 28.8. The van der Waals surface area contributed by atoms with Gasteiger partial charge in [-0.3, -0.25) is 9.78 Å². The molecule has 222 valence electrons. The molecule has 2 aromatic heterocycles. The van der Waals surface area contributed by atoms with E-state index in [1.807, 2.05) is 43.3 Å². The molecule has 4 aromatic rings. The minimum absolute atomic E-state index is 0.150. The van der Waals surface area contributed by atoms with Gasteiger partial charge < -0.3 is 15.0 Å². The lowest BCUT2D eigenvalue weighted by molar-refractivity contribution is 0.0935. The molecule has 1 atom stereocenters. The third-order valence-corrected chi connectivity index (χ3v) is 9.17. The molecule has 2 aliphatic rings. The van der Waals surface area contributed by atoms with Gasteiger partial charge in [-0.05, 0) is 73.9 Å². The summed E-state index contributed by atoms with van der Waals surface area (Å²) < 4.78 is 6.02. The van der Waals surface area contributed by atoms with Crippen molar-refractivity contribution in [1.29, 1.82) is 0 Å². The van der Waals surface area contributed by atoms with Crippen molar-refractivity contribution in [3.05, 3.63) is 108 Å². The highest BCUT2D eigenvalue weighted by Crippen LogP contribution is 2.45. The maximum Gasteiger partial charge on any atom is 0.255 e. The number of nitrogens with zero attached hydrogens (tertiary/aromatic N) is 4. The Morgan fingerprint density at radius 1 is 0.953 bits per heavy atom. The smallest absolute Gasteiger partial charge is 0.255 e. The maximum absolute atomic E-state index is 14.1. The number of nitrogens with one attached hydrogen (secondary N) is 1. The molecule has 2 fully saturated rings. The summed E-state index contributed by atoms with van der Waals surface area (Å²) in [6.07, 6.45) is 12.8. The van der Waals surface area contributed by atoms with Crippen molar-refractivity contribution in [2.75, 3.05) is 18.0 Å². The van der Waals surface area contributed by atoms with Crippen LogP contribution in [0.1, 0.15) is 92.0 Å². The number of carbonyl (C=O) groups excluding carboxylic acids is 1. The molecule has 3 heterocycles. The summed E-state index contributed by atoms with van der Waals surface area (Å²) in [6.45, 7) is 6.20. The number of hydrogen-bond acceptors (Lipinski definition) is 6. The normalized spacial score (nSPS) is 17.7. The number of carbonyl (C=O) groups is 1. The van der Waals surface area contributed by atoms with Gasteiger partial charge in [-0.1, -0.05) is 68.7 Å². The van der Waals surface area contributed by atoms with Crippen molar-refractivity contribution in [3.63, 3.8) is 0 Å². The van der Waals surface area contributed by atoms with Crippen molar-refractivity contribution in [1.82, 2.24) is 20.3 Å². The summed E-state index contributed by atoms with van der Waals surface area (Å²) in [5, 5.41) is 3.26. The highest BCUT2D eigenvalue weighted by atomic mass is 16.5. The van der Waals surface area contributed by atoms with Crippen LogP contribution in [0.2, 0.25) is 0 Å². The first-order valence-corrected chi connectivity index (χ1v) is 15.7. The van der Waals surface area contributed by atoms with Crippen molar-refractivity contribution in [2.24, 2.45) is 5.92 Å². The Labute approximate surface area is 254 Å². The van der Waals surface area contributed by atoms with E-state index in [1.54, 1.807) is 18.6 Å². The number of rotatable bonds is 8. The number of piperidine rings is 1. The Morgan fingerprint density at radius 2 is 1.70 bits per heavy atom. The van der Waals surface area contributed by atoms with Crippen LogP contribution in [0.3, 0.4) is 0 Å². The standard InChI is InChI=1S/C36H41N5O2/c1-26-16-22-41(23-17-26)35-38-25-32(33(40-35)36(18-7-4-8-19-36)29-11-5-3-6-12-29)34(42)39-27(2)28-10-9-13-31(24-28)43-30-14-20-37-21-15-30/h3,5-6,9-15,20-21,24-27H,4,7-8,16-19,22-23H2,1-2H3,(H,39,42). The Bertz CT molecular complexity index is 1510. The van der Waals surface area contributed by atoms with E-state index < -0.39 is 0 Å². The first-order valence-electron chi connectivity index (χ1n) is 15.7. The molecule has 0 spiro atoms. The van der Waals surface area contributed by atoms with Crippen LogP contribution in [0.5, 0.6) is 11.5 Å². The van der Waals surface area contributed by atoms with Gasteiger partial charge in [0.1, 0.15) is 11.5 Å². The topological polar surface area (TPSA) is 80.2 Å². The highest BCUT2D eigenvalue weighted by molar-refractivity contribution is 5.96. The third kappa shape index (κ3) is 6.41. The summed E-state index contributed by atoms with van der Waals surface area (Å²) in [5.74, 6) is 2.73. The quantitative estimate of drug-likeness (QED) is 0.233. The highest BCUT2D eigenvalue weighted by Gasteiger charge is 2.41. The van der Waals surface area contributed by atoms with Gasteiger partial charge in [-0.15, -0.1) is 0 Å². The van der Waals surface area contributed by atoms with Gasteiger partial charge in [0.15, 0.2) is 0 Å². The molecule has 1 aliphatic carbocycles. The van der Waals surface area contributed by atoms with Gasteiger partial charge in [0, 0.05) is 37.1 Å². The Kier molecular flexibility index (Phi) is 8.68. The fourth-order valence-corrected chi connectivity index (χ4v) is 6.59. The van der Waals surface area contributed by atoms with E-state index in [9.17, 15) is 4.79 Å². The maximum atomic E-state index is 14.1. The largest absolute Gasteiger partial charge is 0.457 e. The number of anilines is 1. The van der Waals surface area contributed by atoms with Crippen LogP contribution in [-0.4, -0.2) is 33.9 Å². The van der Waals surface area contributed by atoms with E-state index in [2.05, 4.69) is 52.5 Å². The number of ether oxygens (including phenoxy) is 1. The van der Waals surface area contributed by atoms with Gasteiger partial charge in [0.05, 0.1) is 17.3 Å². The van der Waals surface area contributed by atoms with Crippen LogP contribution < -0.4 is 15.0 Å². The van der Waals surface area contributed by atoms with Crippen LogP contribution in [0.15, 0.2) is 85.3 Å². The second-order valence-electron chi connectivity index (χ2n) is 12.2. The van der Waals surface area contributed by atoms with Crippen molar-refractivity contribution in [2.45, 2.75) is 70.3 Å². The van der Waals surface area contributed by atoms with Crippen LogP contribution >= 0.6 is 0 Å². The van der Waals surface area contributed by atoms with E-state index in [0.29, 0.717) is 23.0 Å². The van der Waals surface area contributed by atoms with Crippen LogP contribution in [0.4, 0.5) is 5.95 Å². The zero-order chi connectivity index (χ0) is 29.6. The first-order chi connectivity index (χ1) is 21.0. The number of pyridine rings is 1. The molecular weight excluding hydrogens is 534 g/mol. The number of hydrogen-bond donors (Lipinski definition) is 1. The van der Waals surface area contributed by atoms with Crippen LogP contribution in [0.25, 0.3) is 0 Å². The van der Waals surface area contributed by atoms with Crippen LogP contribution in [0, 0.1) is 5.92 Å². The average Bonchev–Trinajstić information content (AvgIpc) is 3.06.